The molecule has 2 aromatic heterocycles. The molecule has 0 aromatic carbocycles. The SMILES string of the molecule is Cc1cc(CNC(=O)c2snnc2C)on1. The van der Waals surface area contributed by atoms with Gasteiger partial charge in [0.15, 0.2) is 5.76 Å². The molecule has 0 radical (unpaired) electrons. The molecule has 0 saturated heterocycles. The van der Waals surface area contributed by atoms with E-state index >= 15 is 0 Å². The molecule has 0 aliphatic rings. The summed E-state index contributed by atoms with van der Waals surface area (Å²) < 4.78 is 8.67. The van der Waals surface area contributed by atoms with Crippen molar-refractivity contribution in [3.63, 3.8) is 0 Å². The van der Waals surface area contributed by atoms with Crippen LogP contribution in [0.1, 0.15) is 26.8 Å². The van der Waals surface area contributed by atoms with Crippen LogP contribution >= 0.6 is 11.5 Å². The number of carbonyl (C=O) groups is 1. The number of nitrogens with zero attached hydrogens (tertiary/aromatic N) is 3. The maximum atomic E-state index is 11.7. The fourth-order valence-electron chi connectivity index (χ4n) is 1.19. The molecule has 1 N–H and O–H groups in total. The molecule has 0 saturated carbocycles. The van der Waals surface area contributed by atoms with Gasteiger partial charge in [0.1, 0.15) is 4.88 Å². The number of carbonyl (C=O) groups excluding carboxylic acids is 1. The summed E-state index contributed by atoms with van der Waals surface area (Å²) in [7, 11) is 0. The first kappa shape index (κ1) is 10.7. The molecule has 0 bridgehead atoms. The van der Waals surface area contributed by atoms with Crippen LogP contribution in [0.4, 0.5) is 0 Å². The first-order valence-electron chi connectivity index (χ1n) is 4.66. The molecule has 0 fully saturated rings. The van der Waals surface area contributed by atoms with Gasteiger partial charge in [-0.1, -0.05) is 9.64 Å². The van der Waals surface area contributed by atoms with Gasteiger partial charge in [0.05, 0.1) is 17.9 Å². The molecule has 84 valence electrons. The highest BCUT2D eigenvalue weighted by molar-refractivity contribution is 7.07. The number of aromatic nitrogens is 3. The molecule has 0 atom stereocenters. The number of rotatable bonds is 3. The van der Waals surface area contributed by atoms with E-state index in [1.54, 1.807) is 13.0 Å². The van der Waals surface area contributed by atoms with Gasteiger partial charge in [-0.3, -0.25) is 4.79 Å². The Balaban J connectivity index is 1.96. The average Bonchev–Trinajstić information content (AvgIpc) is 2.84. The predicted molar refractivity (Wildman–Crippen MR) is 57.1 cm³/mol. The van der Waals surface area contributed by atoms with Gasteiger partial charge in [-0.15, -0.1) is 5.10 Å². The normalized spacial score (nSPS) is 10.4. The zero-order valence-electron chi connectivity index (χ0n) is 8.85. The molecule has 7 heteroatoms. The smallest absolute Gasteiger partial charge is 0.265 e. The quantitative estimate of drug-likeness (QED) is 0.865. The van der Waals surface area contributed by atoms with E-state index in [0.717, 1.165) is 17.2 Å². The Labute approximate surface area is 95.8 Å². The van der Waals surface area contributed by atoms with Crippen molar-refractivity contribution in [1.82, 2.24) is 20.1 Å². The van der Waals surface area contributed by atoms with E-state index in [1.807, 2.05) is 6.92 Å². The van der Waals surface area contributed by atoms with Crippen molar-refractivity contribution < 1.29 is 9.32 Å². The van der Waals surface area contributed by atoms with E-state index in [0.29, 0.717) is 22.9 Å². The van der Waals surface area contributed by atoms with E-state index in [-0.39, 0.29) is 5.91 Å². The van der Waals surface area contributed by atoms with Crippen molar-refractivity contribution in [2.75, 3.05) is 0 Å². The van der Waals surface area contributed by atoms with E-state index in [4.69, 9.17) is 4.52 Å². The van der Waals surface area contributed by atoms with Crippen molar-refractivity contribution in [2.45, 2.75) is 20.4 Å². The highest BCUT2D eigenvalue weighted by atomic mass is 32.1. The fourth-order valence-corrected chi connectivity index (χ4v) is 1.76. The van der Waals surface area contributed by atoms with Gasteiger partial charge in [0.25, 0.3) is 5.91 Å². The molecule has 0 spiro atoms. The summed E-state index contributed by atoms with van der Waals surface area (Å²) in [5.74, 6) is 0.433. The van der Waals surface area contributed by atoms with Crippen molar-refractivity contribution in [3.8, 4) is 0 Å². The molecule has 0 aliphatic heterocycles. The third-order valence-corrected chi connectivity index (χ3v) is 2.78. The summed E-state index contributed by atoms with van der Waals surface area (Å²) in [6.07, 6.45) is 0. The van der Waals surface area contributed by atoms with E-state index in [2.05, 4.69) is 20.1 Å². The standard InChI is InChI=1S/C9H10N4O2S/c1-5-3-7(15-12-5)4-10-9(14)8-6(2)11-13-16-8/h3H,4H2,1-2H3,(H,10,14). The van der Waals surface area contributed by atoms with Gasteiger partial charge in [-0.25, -0.2) is 0 Å². The highest BCUT2D eigenvalue weighted by Gasteiger charge is 2.13. The molecular formula is C9H10N4O2S. The monoisotopic (exact) mass is 238 g/mol. The predicted octanol–water partition coefficient (Wildman–Crippen LogP) is 1.07. The number of nitrogens with one attached hydrogen (secondary N) is 1. The first-order chi connectivity index (χ1) is 7.66. The van der Waals surface area contributed by atoms with Gasteiger partial charge in [0.2, 0.25) is 0 Å². The van der Waals surface area contributed by atoms with E-state index in [1.165, 1.54) is 0 Å². The number of hydrogen-bond acceptors (Lipinski definition) is 6. The van der Waals surface area contributed by atoms with Crippen molar-refractivity contribution in [2.24, 2.45) is 0 Å². The number of aryl methyl sites for hydroxylation is 2. The second-order valence-corrected chi connectivity index (χ2v) is 4.06. The Hall–Kier alpha value is -1.76. The molecule has 1 amide bonds. The van der Waals surface area contributed by atoms with Crippen LogP contribution in [0, 0.1) is 13.8 Å². The summed E-state index contributed by atoms with van der Waals surface area (Å²) in [6.45, 7) is 3.89. The second-order valence-electron chi connectivity index (χ2n) is 3.30. The molecule has 2 rings (SSSR count). The zero-order valence-corrected chi connectivity index (χ0v) is 9.67. The highest BCUT2D eigenvalue weighted by Crippen LogP contribution is 2.09. The third-order valence-electron chi connectivity index (χ3n) is 1.96. The van der Waals surface area contributed by atoms with Crippen LogP contribution in [0.2, 0.25) is 0 Å². The van der Waals surface area contributed by atoms with Crippen LogP contribution in [0.15, 0.2) is 10.6 Å². The van der Waals surface area contributed by atoms with Crippen LogP contribution in [0.25, 0.3) is 0 Å². The Morgan fingerprint density at radius 2 is 2.38 bits per heavy atom. The Bertz CT molecular complexity index is 505. The third kappa shape index (κ3) is 2.25. The maximum Gasteiger partial charge on any atom is 0.265 e. The van der Waals surface area contributed by atoms with Gasteiger partial charge in [-0.2, -0.15) is 0 Å². The summed E-state index contributed by atoms with van der Waals surface area (Å²) in [5.41, 5.74) is 1.43. The van der Waals surface area contributed by atoms with Crippen LogP contribution < -0.4 is 5.32 Å². The Morgan fingerprint density at radius 1 is 1.56 bits per heavy atom. The summed E-state index contributed by atoms with van der Waals surface area (Å²) in [4.78, 5) is 12.2. The Morgan fingerprint density at radius 3 is 2.94 bits per heavy atom. The maximum absolute atomic E-state index is 11.7. The van der Waals surface area contributed by atoms with Crippen LogP contribution in [0.5, 0.6) is 0 Å². The van der Waals surface area contributed by atoms with Gasteiger partial charge in [-0.05, 0) is 25.4 Å². The lowest BCUT2D eigenvalue weighted by molar-refractivity contribution is 0.0950. The molecule has 0 unspecified atom stereocenters. The molecular weight excluding hydrogens is 228 g/mol. The number of hydrogen-bond donors (Lipinski definition) is 1. The summed E-state index contributed by atoms with van der Waals surface area (Å²) >= 11 is 1.08. The molecule has 2 aromatic rings. The lowest BCUT2D eigenvalue weighted by Gasteiger charge is -1.99. The molecule has 16 heavy (non-hydrogen) atoms. The van der Waals surface area contributed by atoms with E-state index < -0.39 is 0 Å². The van der Waals surface area contributed by atoms with Crippen LogP contribution in [0.3, 0.4) is 0 Å². The van der Waals surface area contributed by atoms with Crippen molar-refractivity contribution in [1.29, 1.82) is 0 Å². The minimum atomic E-state index is -0.193. The first-order valence-corrected chi connectivity index (χ1v) is 5.43. The minimum absolute atomic E-state index is 0.193. The van der Waals surface area contributed by atoms with Crippen LogP contribution in [-0.4, -0.2) is 20.7 Å². The lowest BCUT2D eigenvalue weighted by Crippen LogP contribution is -2.22. The second kappa shape index (κ2) is 4.40. The van der Waals surface area contributed by atoms with Crippen molar-refractivity contribution in [3.05, 3.63) is 28.1 Å². The zero-order chi connectivity index (χ0) is 11.5. The lowest BCUT2D eigenvalue weighted by atomic mass is 10.3. The number of amides is 1. The minimum Gasteiger partial charge on any atom is -0.359 e. The summed E-state index contributed by atoms with van der Waals surface area (Å²) in [5, 5.41) is 10.2. The topological polar surface area (TPSA) is 80.9 Å². The van der Waals surface area contributed by atoms with Gasteiger partial charge >= 0.3 is 0 Å². The molecule has 2 heterocycles. The van der Waals surface area contributed by atoms with Gasteiger partial charge < -0.3 is 9.84 Å². The summed E-state index contributed by atoms with van der Waals surface area (Å²) in [6, 6.07) is 1.78. The largest absolute Gasteiger partial charge is 0.359 e. The Kier molecular flexibility index (Phi) is 2.95. The van der Waals surface area contributed by atoms with Crippen molar-refractivity contribution >= 4 is 17.4 Å². The van der Waals surface area contributed by atoms with E-state index in [9.17, 15) is 4.79 Å². The molecule has 6 nitrogen and oxygen atoms in total. The average molecular weight is 238 g/mol. The van der Waals surface area contributed by atoms with Crippen LogP contribution in [-0.2, 0) is 6.54 Å². The molecule has 0 aliphatic carbocycles. The fraction of sp³-hybridized carbons (Fsp3) is 0.333. The van der Waals surface area contributed by atoms with Gasteiger partial charge in [0, 0.05) is 6.07 Å².